The van der Waals surface area contributed by atoms with E-state index in [2.05, 4.69) is 26.0 Å². The molecule has 2 aromatic carbocycles. The van der Waals surface area contributed by atoms with Gasteiger partial charge >= 0.3 is 0 Å². The molecule has 0 bridgehead atoms. The first kappa shape index (κ1) is 20.4. The number of hydrogen-bond acceptors (Lipinski definition) is 5. The van der Waals surface area contributed by atoms with Gasteiger partial charge < -0.3 is 19.7 Å². The van der Waals surface area contributed by atoms with E-state index in [9.17, 15) is 10.2 Å². The summed E-state index contributed by atoms with van der Waals surface area (Å²) in [4.78, 5) is 1.09. The van der Waals surface area contributed by atoms with Gasteiger partial charge in [0, 0.05) is 4.90 Å². The lowest BCUT2D eigenvalue weighted by atomic mass is 9.82. The summed E-state index contributed by atoms with van der Waals surface area (Å²) in [7, 11) is 0. The first-order valence-electron chi connectivity index (χ1n) is 9.41. The molecule has 0 saturated carbocycles. The van der Waals surface area contributed by atoms with E-state index in [0.29, 0.717) is 6.61 Å². The zero-order chi connectivity index (χ0) is 19.2. The fourth-order valence-electron chi connectivity index (χ4n) is 3.47. The normalized spacial score (nSPS) is 29.4. The largest absolute Gasteiger partial charge is 0.394 e. The highest BCUT2D eigenvalue weighted by Crippen LogP contribution is 2.41. The average molecular weight is 389 g/mol. The maximum atomic E-state index is 10.2. The minimum Gasteiger partial charge on any atom is -0.394 e. The van der Waals surface area contributed by atoms with Crippen LogP contribution >= 0.6 is 11.8 Å². The number of aliphatic hydroxyl groups is 2. The quantitative estimate of drug-likeness (QED) is 0.757. The third kappa shape index (κ3) is 5.12. The standard InChI is InChI=1S/C22H28O4S/c1-15-16(2)21(25-14-17-9-5-3-6-10-17)22(26-20(15)19(24)13-23)27-18-11-7-4-8-12-18/h3-12,15-16,19-24H,13-14H2,1-2H3/t15-,16-,19?,20?,21?,22+/m0/s1. The Morgan fingerprint density at radius 2 is 1.63 bits per heavy atom. The first-order chi connectivity index (χ1) is 13.1. The molecule has 0 aliphatic carbocycles. The third-order valence-electron chi connectivity index (χ3n) is 5.27. The summed E-state index contributed by atoms with van der Waals surface area (Å²) in [6.45, 7) is 4.40. The average Bonchev–Trinajstić information content (AvgIpc) is 2.71. The molecule has 1 saturated heterocycles. The van der Waals surface area contributed by atoms with E-state index >= 15 is 0 Å². The van der Waals surface area contributed by atoms with Crippen molar-refractivity contribution >= 4 is 11.8 Å². The van der Waals surface area contributed by atoms with E-state index < -0.39 is 12.2 Å². The Labute approximate surface area is 165 Å². The van der Waals surface area contributed by atoms with Gasteiger partial charge in [0.05, 0.1) is 25.4 Å². The lowest BCUT2D eigenvalue weighted by Gasteiger charge is -2.45. The van der Waals surface area contributed by atoms with Crippen LogP contribution in [-0.2, 0) is 16.1 Å². The van der Waals surface area contributed by atoms with Crippen LogP contribution in [0.15, 0.2) is 65.6 Å². The van der Waals surface area contributed by atoms with Crippen LogP contribution in [0.1, 0.15) is 19.4 Å². The molecular weight excluding hydrogens is 360 g/mol. The minimum absolute atomic E-state index is 0.0700. The molecule has 0 radical (unpaired) electrons. The highest BCUT2D eigenvalue weighted by atomic mass is 32.2. The van der Waals surface area contributed by atoms with Crippen LogP contribution in [0.25, 0.3) is 0 Å². The van der Waals surface area contributed by atoms with Crippen LogP contribution in [0.2, 0.25) is 0 Å². The number of benzene rings is 2. The SMILES string of the molecule is C[C@@H]1C(C(O)CO)O[C@H](Sc2ccccc2)C(OCc2ccccc2)[C@H]1C. The zero-order valence-electron chi connectivity index (χ0n) is 15.8. The van der Waals surface area contributed by atoms with Crippen molar-refractivity contribution in [2.45, 2.75) is 49.1 Å². The molecule has 2 aromatic rings. The maximum Gasteiger partial charge on any atom is 0.134 e. The summed E-state index contributed by atoms with van der Waals surface area (Å²) >= 11 is 1.61. The zero-order valence-corrected chi connectivity index (χ0v) is 16.6. The fraction of sp³-hybridized carbons (Fsp3) is 0.455. The number of hydrogen-bond donors (Lipinski definition) is 2. The van der Waals surface area contributed by atoms with Gasteiger partial charge in [-0.15, -0.1) is 0 Å². The summed E-state index contributed by atoms with van der Waals surface area (Å²) in [5.74, 6) is 0.246. The molecule has 3 rings (SSSR count). The van der Waals surface area contributed by atoms with Gasteiger partial charge in [0.25, 0.3) is 0 Å². The predicted molar refractivity (Wildman–Crippen MR) is 107 cm³/mol. The van der Waals surface area contributed by atoms with Gasteiger partial charge in [0.2, 0.25) is 0 Å². The molecule has 1 aliphatic heterocycles. The van der Waals surface area contributed by atoms with Gasteiger partial charge in [-0.2, -0.15) is 0 Å². The van der Waals surface area contributed by atoms with E-state index in [1.807, 2.05) is 48.5 Å². The molecule has 146 valence electrons. The second-order valence-corrected chi connectivity index (χ2v) is 8.30. The van der Waals surface area contributed by atoms with E-state index in [4.69, 9.17) is 9.47 Å². The van der Waals surface area contributed by atoms with Crippen molar-refractivity contribution in [3.05, 3.63) is 66.2 Å². The molecule has 1 heterocycles. The van der Waals surface area contributed by atoms with Crippen LogP contribution in [0.3, 0.4) is 0 Å². The van der Waals surface area contributed by atoms with Crippen molar-refractivity contribution in [3.8, 4) is 0 Å². The second-order valence-electron chi connectivity index (χ2n) is 7.13. The summed E-state index contributed by atoms with van der Waals surface area (Å²) in [6.07, 6.45) is -1.42. The van der Waals surface area contributed by atoms with Crippen molar-refractivity contribution in [1.29, 1.82) is 0 Å². The maximum absolute atomic E-state index is 10.2. The Morgan fingerprint density at radius 3 is 2.26 bits per heavy atom. The summed E-state index contributed by atoms with van der Waals surface area (Å²) in [6, 6.07) is 20.2. The van der Waals surface area contributed by atoms with Crippen molar-refractivity contribution in [2.24, 2.45) is 11.8 Å². The molecular formula is C22H28O4S. The smallest absolute Gasteiger partial charge is 0.134 e. The van der Waals surface area contributed by atoms with Crippen LogP contribution in [0.5, 0.6) is 0 Å². The number of aliphatic hydroxyl groups excluding tert-OH is 2. The Morgan fingerprint density at radius 1 is 1.00 bits per heavy atom. The second kappa shape index (κ2) is 9.71. The molecule has 1 fully saturated rings. The minimum atomic E-state index is -0.892. The molecule has 0 aromatic heterocycles. The van der Waals surface area contributed by atoms with Gasteiger partial charge in [-0.05, 0) is 29.5 Å². The monoisotopic (exact) mass is 388 g/mol. The Balaban J connectivity index is 1.78. The van der Waals surface area contributed by atoms with E-state index in [1.165, 1.54) is 0 Å². The molecule has 5 heteroatoms. The number of ether oxygens (including phenoxy) is 2. The molecule has 0 spiro atoms. The van der Waals surface area contributed by atoms with Gasteiger partial charge in [-0.1, -0.05) is 74.1 Å². The van der Waals surface area contributed by atoms with Crippen LogP contribution < -0.4 is 0 Å². The highest BCUT2D eigenvalue weighted by molar-refractivity contribution is 7.99. The van der Waals surface area contributed by atoms with Crippen LogP contribution in [0.4, 0.5) is 0 Å². The van der Waals surface area contributed by atoms with E-state index in [1.54, 1.807) is 11.8 Å². The number of thioether (sulfide) groups is 1. The Hall–Kier alpha value is -1.37. The Kier molecular flexibility index (Phi) is 7.33. The van der Waals surface area contributed by atoms with Crippen molar-refractivity contribution in [3.63, 3.8) is 0 Å². The van der Waals surface area contributed by atoms with Crippen molar-refractivity contribution in [2.75, 3.05) is 6.61 Å². The summed E-state index contributed by atoms with van der Waals surface area (Å²) in [5, 5.41) is 19.6. The third-order valence-corrected chi connectivity index (χ3v) is 6.43. The van der Waals surface area contributed by atoms with Crippen LogP contribution in [-0.4, -0.2) is 40.6 Å². The van der Waals surface area contributed by atoms with E-state index in [-0.39, 0.29) is 30.0 Å². The molecule has 2 N–H and O–H groups in total. The van der Waals surface area contributed by atoms with Gasteiger partial charge in [0.1, 0.15) is 11.5 Å². The summed E-state index contributed by atoms with van der Waals surface area (Å²) < 4.78 is 12.6. The van der Waals surface area contributed by atoms with Gasteiger partial charge in [0.15, 0.2) is 0 Å². The highest BCUT2D eigenvalue weighted by Gasteiger charge is 2.45. The van der Waals surface area contributed by atoms with Gasteiger partial charge in [-0.3, -0.25) is 0 Å². The molecule has 1 aliphatic rings. The molecule has 3 unspecified atom stereocenters. The topological polar surface area (TPSA) is 58.9 Å². The fourth-order valence-corrected chi connectivity index (χ4v) is 4.70. The first-order valence-corrected chi connectivity index (χ1v) is 10.3. The van der Waals surface area contributed by atoms with E-state index in [0.717, 1.165) is 10.5 Å². The van der Waals surface area contributed by atoms with Crippen molar-refractivity contribution < 1.29 is 19.7 Å². The predicted octanol–water partition coefficient (Wildman–Crippen LogP) is 3.71. The molecule has 27 heavy (non-hydrogen) atoms. The van der Waals surface area contributed by atoms with Crippen molar-refractivity contribution in [1.82, 2.24) is 0 Å². The lowest BCUT2D eigenvalue weighted by molar-refractivity contribution is -0.190. The Bertz CT molecular complexity index is 681. The molecule has 4 nitrogen and oxygen atoms in total. The van der Waals surface area contributed by atoms with Gasteiger partial charge in [-0.25, -0.2) is 0 Å². The molecule has 6 atom stereocenters. The van der Waals surface area contributed by atoms with Crippen LogP contribution in [0, 0.1) is 11.8 Å². The molecule has 0 amide bonds. The summed E-state index contributed by atoms with van der Waals surface area (Å²) in [5.41, 5.74) is 0.867. The lowest BCUT2D eigenvalue weighted by Crippen LogP contribution is -2.53. The number of rotatable bonds is 7.